The molecule has 0 bridgehead atoms. The minimum absolute atomic E-state index is 0.131. The van der Waals surface area contributed by atoms with E-state index >= 15 is 0 Å². The second kappa shape index (κ2) is 4.96. The molecule has 0 saturated carbocycles. The van der Waals surface area contributed by atoms with Crippen LogP contribution in [0.4, 0.5) is 0 Å². The Balaban J connectivity index is 1.98. The highest BCUT2D eigenvalue weighted by Crippen LogP contribution is 2.29. The lowest BCUT2D eigenvalue weighted by molar-refractivity contribution is 0.858. The summed E-state index contributed by atoms with van der Waals surface area (Å²) in [5.74, 6) is 0. The van der Waals surface area contributed by atoms with E-state index in [0.717, 1.165) is 16.8 Å². The van der Waals surface area contributed by atoms with Crippen molar-refractivity contribution >= 4 is 0 Å². The summed E-state index contributed by atoms with van der Waals surface area (Å²) in [4.78, 5) is 19.6. The Kier molecular flexibility index (Phi) is 2.83. The van der Waals surface area contributed by atoms with Gasteiger partial charge in [0.15, 0.2) is 0 Å². The predicted molar refractivity (Wildman–Crippen MR) is 84.0 cm³/mol. The first-order chi connectivity index (χ1) is 10.8. The first-order valence-electron chi connectivity index (χ1n) is 6.90. The number of nitrogens with zero attached hydrogens (tertiary/aromatic N) is 3. The van der Waals surface area contributed by atoms with Crippen molar-refractivity contribution in [1.29, 1.82) is 0 Å². The number of H-pyrrole nitrogens is 1. The van der Waals surface area contributed by atoms with E-state index in [2.05, 4.69) is 15.1 Å². The molecule has 4 rings (SSSR count). The summed E-state index contributed by atoms with van der Waals surface area (Å²) in [6.07, 6.45) is 6.98. The molecule has 0 amide bonds. The van der Waals surface area contributed by atoms with Gasteiger partial charge in [0.2, 0.25) is 0 Å². The molecule has 106 valence electrons. The molecule has 2 aliphatic heterocycles. The summed E-state index contributed by atoms with van der Waals surface area (Å²) in [5, 5.41) is 4.52. The van der Waals surface area contributed by atoms with E-state index in [9.17, 15) is 4.79 Å². The van der Waals surface area contributed by atoms with Gasteiger partial charge >= 0.3 is 0 Å². The molecule has 2 aromatic rings. The number of hydrogen-bond acceptors (Lipinski definition) is 3. The molecule has 0 unspecified atom stereocenters. The molecule has 5 nitrogen and oxygen atoms in total. The molecule has 3 heterocycles. The molecular weight excluding hydrogens is 276 g/mol. The second-order valence-electron chi connectivity index (χ2n) is 4.92. The molecule has 0 atom stereocenters. The number of nitrogens with one attached hydrogen (secondary N) is 1. The van der Waals surface area contributed by atoms with E-state index in [4.69, 9.17) is 0 Å². The third-order valence-corrected chi connectivity index (χ3v) is 3.58. The maximum Gasteiger partial charge on any atom is 0.282 e. The van der Waals surface area contributed by atoms with Crippen LogP contribution in [0.2, 0.25) is 0 Å². The van der Waals surface area contributed by atoms with Crippen LogP contribution in [0.15, 0.2) is 72.0 Å². The number of hydrogen-bond donors (Lipinski definition) is 1. The Morgan fingerprint density at radius 3 is 2.41 bits per heavy atom. The fourth-order valence-corrected chi connectivity index (χ4v) is 2.52. The van der Waals surface area contributed by atoms with Crippen molar-refractivity contribution < 1.29 is 0 Å². The van der Waals surface area contributed by atoms with Gasteiger partial charge in [-0.25, -0.2) is 0 Å². The first-order valence-corrected chi connectivity index (χ1v) is 6.90. The van der Waals surface area contributed by atoms with E-state index in [-0.39, 0.29) is 5.56 Å². The van der Waals surface area contributed by atoms with E-state index in [1.807, 2.05) is 48.7 Å². The number of aromatic nitrogens is 4. The molecule has 5 heteroatoms. The van der Waals surface area contributed by atoms with Gasteiger partial charge in [-0.1, -0.05) is 18.2 Å². The van der Waals surface area contributed by atoms with Crippen molar-refractivity contribution in [3.8, 4) is 28.1 Å². The van der Waals surface area contributed by atoms with Crippen molar-refractivity contribution in [2.75, 3.05) is 0 Å². The average molecular weight is 288 g/mol. The van der Waals surface area contributed by atoms with Crippen LogP contribution in [0.1, 0.15) is 0 Å². The highest BCUT2D eigenvalue weighted by atomic mass is 16.1. The third-order valence-electron chi connectivity index (χ3n) is 3.58. The van der Waals surface area contributed by atoms with Crippen molar-refractivity contribution in [1.82, 2.24) is 19.7 Å². The lowest BCUT2D eigenvalue weighted by atomic mass is 10.0. The molecule has 2 aliphatic rings. The summed E-state index contributed by atoms with van der Waals surface area (Å²) in [5.41, 5.74) is 3.72. The minimum atomic E-state index is -0.131. The van der Waals surface area contributed by atoms with Gasteiger partial charge in [0.05, 0.1) is 11.3 Å². The van der Waals surface area contributed by atoms with Crippen LogP contribution < -0.4 is 5.56 Å². The smallest absolute Gasteiger partial charge is 0.282 e. The number of rotatable bonds is 2. The summed E-state index contributed by atoms with van der Waals surface area (Å²) in [7, 11) is 0. The van der Waals surface area contributed by atoms with Gasteiger partial charge in [-0.2, -0.15) is 9.78 Å². The Morgan fingerprint density at radius 1 is 0.909 bits per heavy atom. The molecule has 1 aromatic heterocycles. The van der Waals surface area contributed by atoms with Crippen molar-refractivity contribution in [3.05, 3.63) is 77.6 Å². The van der Waals surface area contributed by atoms with Gasteiger partial charge < -0.3 is 4.98 Å². The van der Waals surface area contributed by atoms with E-state index in [0.29, 0.717) is 11.3 Å². The SMILES string of the molecule is O=c1c2c[nH]cc(-c3ccncc3)c-2nn1-c1ccccc1. The van der Waals surface area contributed by atoms with E-state index < -0.39 is 0 Å². The molecule has 0 saturated heterocycles. The third kappa shape index (κ3) is 1.91. The Labute approximate surface area is 126 Å². The fraction of sp³-hybridized carbons (Fsp3) is 0. The lowest BCUT2D eigenvalue weighted by Gasteiger charge is -2.04. The summed E-state index contributed by atoms with van der Waals surface area (Å²) in [6, 6.07) is 13.2. The topological polar surface area (TPSA) is 63.6 Å². The highest BCUT2D eigenvalue weighted by Gasteiger charge is 2.19. The van der Waals surface area contributed by atoms with Crippen LogP contribution in [-0.4, -0.2) is 19.7 Å². The standard InChI is InChI=1S/C17H12N4O/c22-17-15-11-19-10-14(12-6-8-18-9-7-12)16(15)20-21(17)13-4-2-1-3-5-13/h1-11,19H. The van der Waals surface area contributed by atoms with Gasteiger partial charge in [-0.05, 0) is 29.8 Å². The van der Waals surface area contributed by atoms with Gasteiger partial charge in [0, 0.05) is 30.4 Å². The van der Waals surface area contributed by atoms with Gasteiger partial charge in [0.1, 0.15) is 5.69 Å². The van der Waals surface area contributed by atoms with E-state index in [1.165, 1.54) is 4.68 Å². The lowest BCUT2D eigenvalue weighted by Crippen LogP contribution is -2.14. The number of benzene rings is 1. The first kappa shape index (κ1) is 12.5. The minimum Gasteiger partial charge on any atom is -0.366 e. The van der Waals surface area contributed by atoms with Crippen LogP contribution in [0.25, 0.3) is 28.1 Å². The zero-order valence-corrected chi connectivity index (χ0v) is 11.6. The fourth-order valence-electron chi connectivity index (χ4n) is 2.52. The quantitative estimate of drug-likeness (QED) is 0.617. The number of aromatic amines is 1. The Hall–Kier alpha value is -3.21. The second-order valence-corrected chi connectivity index (χ2v) is 4.92. The molecule has 22 heavy (non-hydrogen) atoms. The molecule has 0 spiro atoms. The van der Waals surface area contributed by atoms with Crippen molar-refractivity contribution in [2.24, 2.45) is 0 Å². The number of fused-ring (bicyclic) bond motifs is 1. The molecule has 1 aromatic carbocycles. The summed E-state index contributed by atoms with van der Waals surface area (Å²) >= 11 is 0. The highest BCUT2D eigenvalue weighted by molar-refractivity contribution is 5.80. The van der Waals surface area contributed by atoms with Crippen LogP contribution in [0.3, 0.4) is 0 Å². The average Bonchev–Trinajstić information content (AvgIpc) is 2.94. The van der Waals surface area contributed by atoms with Gasteiger partial charge in [0.25, 0.3) is 5.56 Å². The van der Waals surface area contributed by atoms with Crippen LogP contribution in [-0.2, 0) is 0 Å². The largest absolute Gasteiger partial charge is 0.366 e. The monoisotopic (exact) mass is 288 g/mol. The maximum absolute atomic E-state index is 12.6. The number of para-hydroxylation sites is 1. The van der Waals surface area contributed by atoms with Crippen molar-refractivity contribution in [3.63, 3.8) is 0 Å². The molecule has 0 aliphatic carbocycles. The Bertz CT molecular complexity index is 941. The van der Waals surface area contributed by atoms with Gasteiger partial charge in [-0.3, -0.25) is 9.78 Å². The predicted octanol–water partition coefficient (Wildman–Crippen LogP) is 2.73. The molecular formula is C17H12N4O. The van der Waals surface area contributed by atoms with Crippen LogP contribution in [0, 0.1) is 0 Å². The van der Waals surface area contributed by atoms with Crippen LogP contribution in [0.5, 0.6) is 0 Å². The van der Waals surface area contributed by atoms with Gasteiger partial charge in [-0.15, -0.1) is 0 Å². The summed E-state index contributed by atoms with van der Waals surface area (Å²) < 4.78 is 1.43. The van der Waals surface area contributed by atoms with E-state index in [1.54, 1.807) is 18.6 Å². The molecule has 0 radical (unpaired) electrons. The zero-order valence-electron chi connectivity index (χ0n) is 11.6. The molecule has 1 N–H and O–H groups in total. The number of pyridine rings is 2. The van der Waals surface area contributed by atoms with Crippen LogP contribution >= 0.6 is 0 Å². The van der Waals surface area contributed by atoms with Crippen molar-refractivity contribution in [2.45, 2.75) is 0 Å². The maximum atomic E-state index is 12.6. The Morgan fingerprint density at radius 2 is 1.64 bits per heavy atom. The zero-order chi connectivity index (χ0) is 14.9. The molecule has 0 fully saturated rings. The normalized spacial score (nSPS) is 10.9. The summed E-state index contributed by atoms with van der Waals surface area (Å²) in [6.45, 7) is 0.